The predicted octanol–water partition coefficient (Wildman–Crippen LogP) is 12.2. The maximum absolute atomic E-state index is 4.88. The second-order valence-electron chi connectivity index (χ2n) is 13.6. The molecule has 0 bridgehead atoms. The number of rotatable bonds is 4. The zero-order valence-corrected chi connectivity index (χ0v) is 27.2. The van der Waals surface area contributed by atoms with E-state index in [0.717, 1.165) is 17.8 Å². The molecular formula is C47H32N2. The SMILES string of the molecule is CC1(c2ccccn2)C=C(c2c3ccccc3c(-c3ccc4ccc5cccc6ccc3c4c56)c3ccccc23)C=C(c2ccccn2)C1. The minimum absolute atomic E-state index is 0.314. The molecule has 10 rings (SSSR count). The fraction of sp³-hybridized carbons (Fsp3) is 0.0638. The summed E-state index contributed by atoms with van der Waals surface area (Å²) in [7, 11) is 0. The van der Waals surface area contributed by atoms with Crippen LogP contribution in [0.2, 0.25) is 0 Å². The van der Waals surface area contributed by atoms with Crippen LogP contribution in [0.4, 0.5) is 0 Å². The van der Waals surface area contributed by atoms with Gasteiger partial charge in [0.2, 0.25) is 0 Å². The highest BCUT2D eigenvalue weighted by Gasteiger charge is 2.33. The van der Waals surface area contributed by atoms with Gasteiger partial charge in [0.05, 0.1) is 11.4 Å². The minimum Gasteiger partial charge on any atom is -0.260 e. The zero-order valence-electron chi connectivity index (χ0n) is 27.2. The summed E-state index contributed by atoms with van der Waals surface area (Å²) in [5.41, 5.74) is 7.98. The molecule has 1 atom stereocenters. The van der Waals surface area contributed by atoms with Crippen molar-refractivity contribution >= 4 is 65.0 Å². The number of pyridine rings is 2. The highest BCUT2D eigenvalue weighted by Crippen LogP contribution is 2.49. The third-order valence-electron chi connectivity index (χ3n) is 10.6. The number of aromatic nitrogens is 2. The molecule has 49 heavy (non-hydrogen) atoms. The highest BCUT2D eigenvalue weighted by atomic mass is 14.7. The molecule has 0 spiro atoms. The molecule has 2 aromatic heterocycles. The molecule has 0 amide bonds. The summed E-state index contributed by atoms with van der Waals surface area (Å²) in [6, 6.07) is 50.8. The topological polar surface area (TPSA) is 25.8 Å². The average molecular weight is 625 g/mol. The lowest BCUT2D eigenvalue weighted by molar-refractivity contribution is 0.589. The highest BCUT2D eigenvalue weighted by molar-refractivity contribution is 6.29. The fourth-order valence-corrected chi connectivity index (χ4v) is 8.48. The lowest BCUT2D eigenvalue weighted by Crippen LogP contribution is -2.24. The Bertz CT molecular complexity index is 2720. The van der Waals surface area contributed by atoms with E-state index in [-0.39, 0.29) is 5.41 Å². The maximum Gasteiger partial charge on any atom is 0.0662 e. The average Bonchev–Trinajstić information content (AvgIpc) is 3.16. The Hall–Kier alpha value is -6.12. The van der Waals surface area contributed by atoms with Crippen LogP contribution >= 0.6 is 0 Å². The molecule has 7 aromatic carbocycles. The van der Waals surface area contributed by atoms with E-state index in [1.165, 1.54) is 81.7 Å². The van der Waals surface area contributed by atoms with E-state index in [1.807, 2.05) is 24.5 Å². The van der Waals surface area contributed by atoms with E-state index in [4.69, 9.17) is 9.97 Å². The van der Waals surface area contributed by atoms with Gasteiger partial charge in [0.1, 0.15) is 0 Å². The normalized spacial score (nSPS) is 16.5. The van der Waals surface area contributed by atoms with Gasteiger partial charge >= 0.3 is 0 Å². The Balaban J connectivity index is 1.30. The summed E-state index contributed by atoms with van der Waals surface area (Å²) in [5.74, 6) is 0. The van der Waals surface area contributed by atoms with Gasteiger partial charge < -0.3 is 0 Å². The molecule has 2 heterocycles. The van der Waals surface area contributed by atoms with Crippen LogP contribution in [0.3, 0.4) is 0 Å². The van der Waals surface area contributed by atoms with E-state index >= 15 is 0 Å². The smallest absolute Gasteiger partial charge is 0.0662 e. The Morgan fingerprint density at radius 2 is 1.08 bits per heavy atom. The molecule has 230 valence electrons. The molecular weight excluding hydrogens is 593 g/mol. The van der Waals surface area contributed by atoms with Crippen molar-refractivity contribution in [3.8, 4) is 11.1 Å². The first kappa shape index (κ1) is 27.9. The van der Waals surface area contributed by atoms with E-state index in [2.05, 4.69) is 146 Å². The van der Waals surface area contributed by atoms with Gasteiger partial charge in [-0.15, -0.1) is 0 Å². The van der Waals surface area contributed by atoms with Crippen LogP contribution in [0.15, 0.2) is 164 Å². The van der Waals surface area contributed by atoms with E-state index in [0.29, 0.717) is 0 Å². The summed E-state index contributed by atoms with van der Waals surface area (Å²) in [6.45, 7) is 2.31. The van der Waals surface area contributed by atoms with Crippen LogP contribution in [-0.4, -0.2) is 9.97 Å². The van der Waals surface area contributed by atoms with E-state index in [1.54, 1.807) is 0 Å². The molecule has 0 N–H and O–H groups in total. The van der Waals surface area contributed by atoms with Crippen molar-refractivity contribution in [3.05, 3.63) is 181 Å². The van der Waals surface area contributed by atoms with Gasteiger partial charge in [-0.3, -0.25) is 9.97 Å². The predicted molar refractivity (Wildman–Crippen MR) is 207 cm³/mol. The minimum atomic E-state index is -0.314. The lowest BCUT2D eigenvalue weighted by atomic mass is 9.72. The van der Waals surface area contributed by atoms with E-state index in [9.17, 15) is 0 Å². The first-order chi connectivity index (χ1) is 24.2. The second-order valence-corrected chi connectivity index (χ2v) is 13.6. The molecule has 0 aliphatic heterocycles. The molecule has 1 aliphatic carbocycles. The van der Waals surface area contributed by atoms with Crippen LogP contribution in [0.25, 0.3) is 76.1 Å². The molecule has 0 fully saturated rings. The molecule has 1 aliphatic rings. The molecule has 9 aromatic rings. The monoisotopic (exact) mass is 624 g/mol. The van der Waals surface area contributed by atoms with Crippen molar-refractivity contribution in [1.29, 1.82) is 0 Å². The summed E-state index contributed by atoms with van der Waals surface area (Å²) in [6.07, 6.45) is 9.44. The number of allylic oxidation sites excluding steroid dienone is 4. The lowest BCUT2D eigenvalue weighted by Gasteiger charge is -2.32. The third-order valence-corrected chi connectivity index (χ3v) is 10.6. The van der Waals surface area contributed by atoms with Crippen LogP contribution < -0.4 is 0 Å². The summed E-state index contributed by atoms with van der Waals surface area (Å²) in [4.78, 5) is 9.70. The van der Waals surface area contributed by atoms with Crippen molar-refractivity contribution in [2.45, 2.75) is 18.8 Å². The number of hydrogen-bond acceptors (Lipinski definition) is 2. The van der Waals surface area contributed by atoms with Crippen molar-refractivity contribution in [1.82, 2.24) is 9.97 Å². The maximum atomic E-state index is 4.88. The van der Waals surface area contributed by atoms with Crippen molar-refractivity contribution < 1.29 is 0 Å². The van der Waals surface area contributed by atoms with Gasteiger partial charge in [-0.2, -0.15) is 0 Å². The van der Waals surface area contributed by atoms with Crippen molar-refractivity contribution in [2.75, 3.05) is 0 Å². The third kappa shape index (κ3) is 4.27. The summed E-state index contributed by atoms with van der Waals surface area (Å²) in [5, 5.41) is 12.8. The van der Waals surface area contributed by atoms with Crippen molar-refractivity contribution in [2.24, 2.45) is 0 Å². The van der Waals surface area contributed by atoms with Gasteiger partial charge in [-0.25, -0.2) is 0 Å². The number of nitrogens with zero attached hydrogens (tertiary/aromatic N) is 2. The zero-order chi connectivity index (χ0) is 32.5. The van der Waals surface area contributed by atoms with Gasteiger partial charge in [-0.05, 0) is 118 Å². The van der Waals surface area contributed by atoms with Gasteiger partial charge in [0.25, 0.3) is 0 Å². The first-order valence-electron chi connectivity index (χ1n) is 17.0. The Morgan fingerprint density at radius 3 is 1.73 bits per heavy atom. The quantitative estimate of drug-likeness (QED) is 0.144. The number of fused-ring (bicyclic) bond motifs is 2. The Morgan fingerprint density at radius 1 is 0.490 bits per heavy atom. The van der Waals surface area contributed by atoms with Crippen LogP contribution in [0.5, 0.6) is 0 Å². The van der Waals surface area contributed by atoms with E-state index < -0.39 is 0 Å². The summed E-state index contributed by atoms with van der Waals surface area (Å²) < 4.78 is 0. The Labute approximate surface area is 285 Å². The van der Waals surface area contributed by atoms with Crippen LogP contribution in [0, 0.1) is 0 Å². The second kappa shape index (κ2) is 10.7. The first-order valence-corrected chi connectivity index (χ1v) is 17.0. The molecule has 1 unspecified atom stereocenters. The van der Waals surface area contributed by atoms with Crippen LogP contribution in [-0.2, 0) is 5.41 Å². The molecule has 2 heteroatoms. The van der Waals surface area contributed by atoms with Gasteiger partial charge in [0, 0.05) is 17.8 Å². The Kier molecular flexibility index (Phi) is 6.10. The molecule has 0 saturated carbocycles. The molecule has 0 radical (unpaired) electrons. The van der Waals surface area contributed by atoms with Crippen LogP contribution in [0.1, 0.15) is 30.3 Å². The molecule has 0 saturated heterocycles. The molecule has 2 nitrogen and oxygen atoms in total. The summed E-state index contributed by atoms with van der Waals surface area (Å²) >= 11 is 0. The largest absolute Gasteiger partial charge is 0.260 e. The standard InChI is InChI=1S/C47H32N2/c1-47(42-18-7-9-26-49-42)28-33(41-17-6-8-25-48-41)27-34(29-47)44-35-13-2-4-15-37(35)46(38-16-5-3-14-36(38)44)40-24-22-32-20-19-30-11-10-12-31-21-23-39(40)45(32)43(30)31/h2-27,29H,28H2,1H3. The number of hydrogen-bond donors (Lipinski definition) is 0. The fourth-order valence-electron chi connectivity index (χ4n) is 8.48. The van der Waals surface area contributed by atoms with Gasteiger partial charge in [-0.1, -0.05) is 128 Å². The van der Waals surface area contributed by atoms with Crippen molar-refractivity contribution in [3.63, 3.8) is 0 Å². The van der Waals surface area contributed by atoms with Gasteiger partial charge in [0.15, 0.2) is 0 Å². The number of benzene rings is 7.